The van der Waals surface area contributed by atoms with Crippen molar-refractivity contribution in [2.75, 3.05) is 13.7 Å². The van der Waals surface area contributed by atoms with Crippen LogP contribution in [0.2, 0.25) is 0 Å². The lowest BCUT2D eigenvalue weighted by Gasteiger charge is -2.29. The number of amides is 1. The van der Waals surface area contributed by atoms with Crippen molar-refractivity contribution < 1.29 is 29.1 Å². The number of ether oxygens (including phenoxy) is 2. The van der Waals surface area contributed by atoms with Crippen LogP contribution in [-0.4, -0.2) is 41.2 Å². The van der Waals surface area contributed by atoms with Gasteiger partial charge in [0.1, 0.15) is 11.3 Å². The molecular weight excluding hydrogens is 344 g/mol. The van der Waals surface area contributed by atoms with Crippen LogP contribution in [0.1, 0.15) is 38.5 Å². The van der Waals surface area contributed by atoms with Gasteiger partial charge in [-0.3, -0.25) is 14.9 Å². The van der Waals surface area contributed by atoms with Crippen molar-refractivity contribution in [1.29, 1.82) is 0 Å². The quantitative estimate of drug-likeness (QED) is 0.430. The summed E-state index contributed by atoms with van der Waals surface area (Å²) in [4.78, 5) is 34.2. The minimum absolute atomic E-state index is 0.0127. The number of nitrogens with zero attached hydrogens (tertiary/aromatic N) is 1. The number of carboxylic acids is 1. The average molecular weight is 366 g/mol. The maximum atomic E-state index is 12.2. The van der Waals surface area contributed by atoms with Crippen LogP contribution < -0.4 is 14.8 Å². The zero-order valence-electron chi connectivity index (χ0n) is 14.5. The van der Waals surface area contributed by atoms with E-state index >= 15 is 0 Å². The molecule has 0 radical (unpaired) electrons. The summed E-state index contributed by atoms with van der Waals surface area (Å²) >= 11 is 0. The van der Waals surface area contributed by atoms with E-state index in [4.69, 9.17) is 9.47 Å². The van der Waals surface area contributed by atoms with Crippen molar-refractivity contribution in [2.24, 2.45) is 0 Å². The molecule has 0 atom stereocenters. The van der Waals surface area contributed by atoms with Gasteiger partial charge in [-0.05, 0) is 18.9 Å². The fourth-order valence-corrected chi connectivity index (χ4v) is 3.07. The van der Waals surface area contributed by atoms with E-state index < -0.39 is 28.9 Å². The number of rotatable bonds is 7. The maximum absolute atomic E-state index is 12.2. The van der Waals surface area contributed by atoms with E-state index in [2.05, 4.69) is 5.32 Å². The lowest BCUT2D eigenvalue weighted by atomic mass is 9.90. The van der Waals surface area contributed by atoms with Crippen LogP contribution in [0.15, 0.2) is 18.2 Å². The topological polar surface area (TPSA) is 128 Å². The van der Waals surface area contributed by atoms with Gasteiger partial charge in [0.2, 0.25) is 5.75 Å². The molecule has 0 heterocycles. The largest absolute Gasteiger partial charge is 0.490 e. The van der Waals surface area contributed by atoms with Crippen LogP contribution in [0.25, 0.3) is 0 Å². The van der Waals surface area contributed by atoms with Crippen molar-refractivity contribution in [1.82, 2.24) is 5.32 Å². The highest BCUT2D eigenvalue weighted by atomic mass is 16.6. The van der Waals surface area contributed by atoms with E-state index in [1.807, 2.05) is 0 Å². The molecule has 9 nitrogen and oxygen atoms in total. The van der Waals surface area contributed by atoms with E-state index in [1.54, 1.807) is 0 Å². The molecule has 1 aromatic carbocycles. The maximum Gasteiger partial charge on any atom is 0.329 e. The first-order valence-corrected chi connectivity index (χ1v) is 8.37. The summed E-state index contributed by atoms with van der Waals surface area (Å²) in [5.41, 5.74) is -1.48. The third kappa shape index (κ3) is 4.62. The highest BCUT2D eigenvalue weighted by Gasteiger charge is 2.40. The predicted octanol–water partition coefficient (Wildman–Crippen LogP) is 2.28. The Bertz CT molecular complexity index is 682. The molecule has 1 amide bonds. The van der Waals surface area contributed by atoms with Gasteiger partial charge in [0.25, 0.3) is 5.91 Å². The van der Waals surface area contributed by atoms with Crippen LogP contribution in [0.5, 0.6) is 11.5 Å². The van der Waals surface area contributed by atoms with Crippen LogP contribution in [0.4, 0.5) is 5.69 Å². The Morgan fingerprint density at radius 2 is 1.92 bits per heavy atom. The van der Waals surface area contributed by atoms with Gasteiger partial charge in [0.15, 0.2) is 6.61 Å². The van der Waals surface area contributed by atoms with Gasteiger partial charge < -0.3 is 19.9 Å². The van der Waals surface area contributed by atoms with Crippen LogP contribution in [-0.2, 0) is 9.59 Å². The first kappa shape index (κ1) is 19.5. The molecule has 0 aliphatic heterocycles. The van der Waals surface area contributed by atoms with Crippen LogP contribution in [0, 0.1) is 10.1 Å². The minimum atomic E-state index is -1.26. The number of nitro benzene ring substituents is 1. The summed E-state index contributed by atoms with van der Waals surface area (Å²) in [6, 6.07) is 3.88. The van der Waals surface area contributed by atoms with E-state index in [0.717, 1.165) is 25.7 Å². The first-order valence-electron chi connectivity index (χ1n) is 8.37. The molecule has 2 N–H and O–H groups in total. The monoisotopic (exact) mass is 366 g/mol. The molecule has 1 saturated carbocycles. The number of methoxy groups -OCH3 is 1. The Morgan fingerprint density at radius 1 is 1.27 bits per heavy atom. The van der Waals surface area contributed by atoms with Crippen LogP contribution >= 0.6 is 0 Å². The van der Waals surface area contributed by atoms with Crippen molar-refractivity contribution in [3.63, 3.8) is 0 Å². The molecule has 26 heavy (non-hydrogen) atoms. The van der Waals surface area contributed by atoms with Gasteiger partial charge in [-0.15, -0.1) is 0 Å². The van der Waals surface area contributed by atoms with Crippen LogP contribution in [0.3, 0.4) is 0 Å². The Hall–Kier alpha value is -2.84. The molecule has 0 aromatic heterocycles. The molecule has 142 valence electrons. The van der Waals surface area contributed by atoms with Gasteiger partial charge in [0.05, 0.1) is 12.0 Å². The number of carbonyl (C=O) groups is 2. The van der Waals surface area contributed by atoms with Gasteiger partial charge >= 0.3 is 11.7 Å². The first-order chi connectivity index (χ1) is 12.4. The summed E-state index contributed by atoms with van der Waals surface area (Å²) in [6.45, 7) is -0.393. The number of benzene rings is 1. The summed E-state index contributed by atoms with van der Waals surface area (Å²) in [5, 5.41) is 23.0. The second-order valence-electron chi connectivity index (χ2n) is 6.23. The highest BCUT2D eigenvalue weighted by molar-refractivity contribution is 5.87. The Morgan fingerprint density at radius 3 is 2.46 bits per heavy atom. The Labute approximate surface area is 150 Å². The van der Waals surface area contributed by atoms with Gasteiger partial charge in [0, 0.05) is 12.1 Å². The van der Waals surface area contributed by atoms with E-state index in [-0.39, 0.29) is 17.2 Å². The molecule has 1 aromatic rings. The second kappa shape index (κ2) is 8.50. The molecule has 9 heteroatoms. The molecule has 0 bridgehead atoms. The van der Waals surface area contributed by atoms with Crippen molar-refractivity contribution in [3.8, 4) is 11.5 Å². The molecule has 2 rings (SSSR count). The molecular formula is C17H22N2O7. The van der Waals surface area contributed by atoms with Crippen molar-refractivity contribution >= 4 is 17.6 Å². The third-order valence-electron chi connectivity index (χ3n) is 4.46. The SMILES string of the molecule is COc1cc(OCC(=O)NC2(C(=O)O)CCCCCC2)ccc1[N+](=O)[O-]. The number of carboxylic acid groups (broad SMARTS) is 1. The summed E-state index contributed by atoms with van der Waals surface area (Å²) in [5.74, 6) is -1.36. The molecule has 1 aliphatic rings. The van der Waals surface area contributed by atoms with E-state index in [1.165, 1.54) is 25.3 Å². The summed E-state index contributed by atoms with van der Waals surface area (Å²) < 4.78 is 10.3. The minimum Gasteiger partial charge on any atom is -0.490 e. The number of hydrogen-bond donors (Lipinski definition) is 2. The molecule has 1 fully saturated rings. The second-order valence-corrected chi connectivity index (χ2v) is 6.23. The molecule has 0 spiro atoms. The van der Waals surface area contributed by atoms with Gasteiger partial charge in [-0.25, -0.2) is 4.79 Å². The van der Waals surface area contributed by atoms with Gasteiger partial charge in [-0.1, -0.05) is 25.7 Å². The predicted molar refractivity (Wildman–Crippen MR) is 91.4 cm³/mol. The van der Waals surface area contributed by atoms with Gasteiger partial charge in [-0.2, -0.15) is 0 Å². The number of carbonyl (C=O) groups excluding carboxylic acids is 1. The molecule has 0 unspecified atom stereocenters. The van der Waals surface area contributed by atoms with E-state index in [0.29, 0.717) is 12.8 Å². The lowest BCUT2D eigenvalue weighted by molar-refractivity contribution is -0.385. The van der Waals surface area contributed by atoms with E-state index in [9.17, 15) is 24.8 Å². The average Bonchev–Trinajstić information content (AvgIpc) is 2.86. The number of nitrogens with one attached hydrogen (secondary N) is 1. The Balaban J connectivity index is 2.01. The lowest BCUT2D eigenvalue weighted by Crippen LogP contribution is -2.55. The Kier molecular flexibility index (Phi) is 6.37. The molecule has 1 aliphatic carbocycles. The molecule has 0 saturated heterocycles. The highest BCUT2D eigenvalue weighted by Crippen LogP contribution is 2.31. The zero-order valence-corrected chi connectivity index (χ0v) is 14.5. The van der Waals surface area contributed by atoms with Crippen molar-refractivity contribution in [3.05, 3.63) is 28.3 Å². The standard InChI is InChI=1S/C17H22N2O7/c1-25-14-10-12(6-7-13(14)19(23)24)26-11-15(20)18-17(16(21)22)8-4-2-3-5-9-17/h6-7,10H,2-5,8-9,11H2,1H3,(H,18,20)(H,21,22). The van der Waals surface area contributed by atoms with Crippen molar-refractivity contribution in [2.45, 2.75) is 44.1 Å². The number of aliphatic carboxylic acids is 1. The normalized spacial score (nSPS) is 16.2. The number of nitro groups is 1. The zero-order chi connectivity index (χ0) is 19.2. The third-order valence-corrected chi connectivity index (χ3v) is 4.46. The summed E-state index contributed by atoms with van der Waals surface area (Å²) in [7, 11) is 1.29. The number of hydrogen-bond acceptors (Lipinski definition) is 6. The summed E-state index contributed by atoms with van der Waals surface area (Å²) in [6.07, 6.45) is 4.16. The fourth-order valence-electron chi connectivity index (χ4n) is 3.07. The fraction of sp³-hybridized carbons (Fsp3) is 0.529. The smallest absolute Gasteiger partial charge is 0.329 e.